The Labute approximate surface area is 168 Å². The Morgan fingerprint density at radius 2 is 1.76 bits per heavy atom. The van der Waals surface area contributed by atoms with Crippen LogP contribution in [-0.4, -0.2) is 17.1 Å². The SMILES string of the molecule is CC1(C)CC(=O)N(C(C)(C)P(=O)=O)c2cc(NC(=O)c3ccc(F)cc3)ccc21. The van der Waals surface area contributed by atoms with E-state index in [1.54, 1.807) is 18.2 Å². The monoisotopic (exact) mass is 416 g/mol. The molecule has 2 aromatic rings. The van der Waals surface area contributed by atoms with E-state index >= 15 is 0 Å². The average Bonchev–Trinajstić information content (AvgIpc) is 2.60. The second kappa shape index (κ2) is 7.23. The van der Waals surface area contributed by atoms with Crippen LogP contribution >= 0.6 is 7.68 Å². The summed E-state index contributed by atoms with van der Waals surface area (Å²) in [6.07, 6.45) is 0.174. The van der Waals surface area contributed by atoms with E-state index < -0.39 is 30.1 Å². The molecule has 1 N–H and O–H groups in total. The number of anilines is 2. The molecule has 0 atom stereocenters. The van der Waals surface area contributed by atoms with Gasteiger partial charge in [0.25, 0.3) is 5.91 Å². The van der Waals surface area contributed by atoms with Crippen LogP contribution in [0.15, 0.2) is 42.5 Å². The molecule has 3 rings (SSSR count). The van der Waals surface area contributed by atoms with Crippen LogP contribution in [0.25, 0.3) is 0 Å². The first kappa shape index (κ1) is 20.9. The number of nitrogens with one attached hydrogen (secondary N) is 1. The van der Waals surface area contributed by atoms with Gasteiger partial charge in [0.2, 0.25) is 5.91 Å². The summed E-state index contributed by atoms with van der Waals surface area (Å²) in [5, 5.41) is 1.30. The van der Waals surface area contributed by atoms with Crippen LogP contribution in [0.2, 0.25) is 0 Å². The lowest BCUT2D eigenvalue weighted by Crippen LogP contribution is -2.50. The Balaban J connectivity index is 2.04. The highest BCUT2D eigenvalue weighted by Crippen LogP contribution is 2.47. The number of hydrogen-bond acceptors (Lipinski definition) is 4. The van der Waals surface area contributed by atoms with E-state index in [1.807, 2.05) is 13.8 Å². The second-order valence-electron chi connectivity index (χ2n) is 8.23. The molecule has 1 aliphatic rings. The molecule has 2 amide bonds. The summed E-state index contributed by atoms with van der Waals surface area (Å²) >= 11 is 0. The number of hydrogen-bond donors (Lipinski definition) is 1. The molecule has 8 heteroatoms. The van der Waals surface area contributed by atoms with Gasteiger partial charge < -0.3 is 5.32 Å². The third kappa shape index (κ3) is 3.87. The topological polar surface area (TPSA) is 83.6 Å². The normalized spacial score (nSPS) is 15.6. The van der Waals surface area contributed by atoms with Crippen LogP contribution < -0.4 is 10.2 Å². The number of nitrogens with zero attached hydrogens (tertiary/aromatic N) is 1. The molecule has 152 valence electrons. The number of carbonyl (C=O) groups excluding carboxylic acids is 2. The molecule has 0 spiro atoms. The van der Waals surface area contributed by atoms with Crippen LogP contribution in [0.3, 0.4) is 0 Å². The summed E-state index contributed by atoms with van der Waals surface area (Å²) in [6, 6.07) is 10.2. The Kier molecular flexibility index (Phi) is 5.22. The van der Waals surface area contributed by atoms with E-state index in [0.717, 1.165) is 5.56 Å². The summed E-state index contributed by atoms with van der Waals surface area (Å²) in [6.45, 7) is 6.79. The zero-order chi connectivity index (χ0) is 21.6. The molecule has 0 radical (unpaired) electrons. The molecule has 0 aromatic heterocycles. The van der Waals surface area contributed by atoms with Gasteiger partial charge in [0, 0.05) is 23.1 Å². The lowest BCUT2D eigenvalue weighted by molar-refractivity contribution is -0.120. The van der Waals surface area contributed by atoms with Gasteiger partial charge in [0.1, 0.15) is 5.82 Å². The molecule has 1 heterocycles. The maximum Gasteiger partial charge on any atom is 0.341 e. The van der Waals surface area contributed by atoms with E-state index in [2.05, 4.69) is 5.32 Å². The Morgan fingerprint density at radius 1 is 1.14 bits per heavy atom. The highest BCUT2D eigenvalue weighted by Gasteiger charge is 2.45. The van der Waals surface area contributed by atoms with E-state index in [9.17, 15) is 23.1 Å². The van der Waals surface area contributed by atoms with Crippen molar-refractivity contribution in [1.29, 1.82) is 0 Å². The van der Waals surface area contributed by atoms with Gasteiger partial charge in [-0.05, 0) is 55.8 Å². The van der Waals surface area contributed by atoms with Gasteiger partial charge in [0.15, 0.2) is 5.28 Å². The minimum absolute atomic E-state index is 0.174. The van der Waals surface area contributed by atoms with Crippen molar-refractivity contribution in [2.75, 3.05) is 10.2 Å². The van der Waals surface area contributed by atoms with Crippen LogP contribution in [0, 0.1) is 5.82 Å². The van der Waals surface area contributed by atoms with E-state index in [-0.39, 0.29) is 17.9 Å². The zero-order valence-corrected chi connectivity index (χ0v) is 17.5. The first-order valence-corrected chi connectivity index (χ1v) is 10.3. The van der Waals surface area contributed by atoms with Gasteiger partial charge in [-0.25, -0.2) is 13.5 Å². The summed E-state index contributed by atoms with van der Waals surface area (Å²) in [5.41, 5.74) is 1.48. The summed E-state index contributed by atoms with van der Waals surface area (Å²) in [4.78, 5) is 26.6. The number of halogens is 1. The molecule has 0 saturated heterocycles. The quantitative estimate of drug-likeness (QED) is 0.711. The number of rotatable bonds is 4. The molecule has 2 aromatic carbocycles. The van der Waals surface area contributed by atoms with Gasteiger partial charge in [-0.2, -0.15) is 0 Å². The smallest absolute Gasteiger partial charge is 0.322 e. The van der Waals surface area contributed by atoms with E-state index in [4.69, 9.17) is 0 Å². The van der Waals surface area contributed by atoms with Gasteiger partial charge in [-0.1, -0.05) is 19.9 Å². The van der Waals surface area contributed by atoms with Crippen LogP contribution in [0.1, 0.15) is 50.0 Å². The standard InChI is InChI=1S/C21H22FN2O4P/c1-20(2)12-18(25)24(21(3,4)29(27)28)17-11-15(9-10-16(17)20)23-19(26)13-5-7-14(22)8-6-13/h5-11H,12H2,1-4H3,(H,23,26). The molecule has 0 aliphatic carbocycles. The van der Waals surface area contributed by atoms with Gasteiger partial charge in [-0.15, -0.1) is 0 Å². The highest BCUT2D eigenvalue weighted by atomic mass is 31.1. The van der Waals surface area contributed by atoms with Gasteiger partial charge >= 0.3 is 7.68 Å². The molecular weight excluding hydrogens is 394 g/mol. The molecular formula is C21H22FN2O4P. The predicted octanol–water partition coefficient (Wildman–Crippen LogP) is 5.00. The minimum atomic E-state index is -2.93. The molecule has 0 unspecified atom stereocenters. The maximum atomic E-state index is 13.1. The van der Waals surface area contributed by atoms with Gasteiger partial charge in [-0.3, -0.25) is 14.5 Å². The first-order valence-electron chi connectivity index (χ1n) is 9.12. The van der Waals surface area contributed by atoms with Crippen molar-refractivity contribution in [3.05, 3.63) is 59.4 Å². The lowest BCUT2D eigenvalue weighted by Gasteiger charge is -2.43. The number of amides is 2. The molecule has 0 bridgehead atoms. The van der Waals surface area contributed by atoms with Crippen LogP contribution in [0.5, 0.6) is 0 Å². The van der Waals surface area contributed by atoms with Crippen LogP contribution in [-0.2, 0) is 19.3 Å². The summed E-state index contributed by atoms with van der Waals surface area (Å²) in [7, 11) is -2.93. The number of fused-ring (bicyclic) bond motifs is 1. The van der Waals surface area contributed by atoms with Crippen molar-refractivity contribution in [1.82, 2.24) is 0 Å². The third-order valence-electron chi connectivity index (χ3n) is 5.17. The van der Waals surface area contributed by atoms with Crippen molar-refractivity contribution in [3.8, 4) is 0 Å². The second-order valence-corrected chi connectivity index (χ2v) is 9.84. The Hall–Kier alpha value is -2.79. The first-order chi connectivity index (χ1) is 13.4. The average molecular weight is 416 g/mol. The minimum Gasteiger partial charge on any atom is -0.322 e. The molecule has 0 saturated carbocycles. The highest BCUT2D eigenvalue weighted by molar-refractivity contribution is 7.33. The van der Waals surface area contributed by atoms with Crippen molar-refractivity contribution in [2.45, 2.75) is 44.8 Å². The Morgan fingerprint density at radius 3 is 2.34 bits per heavy atom. The van der Waals surface area contributed by atoms with Crippen molar-refractivity contribution >= 4 is 30.9 Å². The Bertz CT molecular complexity index is 1050. The van der Waals surface area contributed by atoms with E-state index in [0.29, 0.717) is 11.4 Å². The van der Waals surface area contributed by atoms with Crippen molar-refractivity contribution < 1.29 is 23.1 Å². The fraction of sp³-hybridized carbons (Fsp3) is 0.333. The summed E-state index contributed by atoms with van der Waals surface area (Å²) < 4.78 is 36.8. The zero-order valence-electron chi connectivity index (χ0n) is 16.7. The fourth-order valence-electron chi connectivity index (χ4n) is 3.54. The largest absolute Gasteiger partial charge is 0.341 e. The molecule has 29 heavy (non-hydrogen) atoms. The van der Waals surface area contributed by atoms with Crippen molar-refractivity contribution in [3.63, 3.8) is 0 Å². The number of benzene rings is 2. The lowest BCUT2D eigenvalue weighted by atomic mass is 9.77. The maximum absolute atomic E-state index is 13.1. The van der Waals surface area contributed by atoms with Crippen molar-refractivity contribution in [2.24, 2.45) is 0 Å². The third-order valence-corrected chi connectivity index (χ3v) is 6.26. The number of carbonyl (C=O) groups is 2. The molecule has 6 nitrogen and oxygen atoms in total. The van der Waals surface area contributed by atoms with E-state index in [1.165, 1.54) is 43.0 Å². The molecule has 1 aliphatic heterocycles. The fourth-order valence-corrected chi connectivity index (χ4v) is 3.92. The van der Waals surface area contributed by atoms with Gasteiger partial charge in [0.05, 0.1) is 5.69 Å². The molecule has 0 fully saturated rings. The predicted molar refractivity (Wildman–Crippen MR) is 108 cm³/mol. The van der Waals surface area contributed by atoms with Crippen LogP contribution in [0.4, 0.5) is 15.8 Å². The summed E-state index contributed by atoms with van der Waals surface area (Å²) in [5.74, 6) is -1.18.